The van der Waals surface area contributed by atoms with Crippen LogP contribution in [0.4, 0.5) is 0 Å². The van der Waals surface area contributed by atoms with Crippen molar-refractivity contribution in [3.05, 3.63) is 29.3 Å². The summed E-state index contributed by atoms with van der Waals surface area (Å²) in [7, 11) is 3.22. The van der Waals surface area contributed by atoms with E-state index in [1.165, 1.54) is 0 Å². The molecule has 0 aliphatic rings. The predicted molar refractivity (Wildman–Crippen MR) is 49.6 cm³/mol. The molecule has 72 valence electrons. The second-order valence-corrected chi connectivity index (χ2v) is 2.70. The first kappa shape index (κ1) is 10.0. The number of ether oxygens (including phenoxy) is 2. The van der Waals surface area contributed by atoms with Crippen molar-refractivity contribution in [3.8, 4) is 5.75 Å². The van der Waals surface area contributed by atoms with E-state index in [1.54, 1.807) is 14.2 Å². The van der Waals surface area contributed by atoms with Gasteiger partial charge in [-0.15, -0.1) is 0 Å². The second kappa shape index (κ2) is 4.84. The normalized spacial score (nSPS) is 10.1. The van der Waals surface area contributed by atoms with E-state index in [4.69, 9.17) is 14.6 Å². The molecule has 0 aliphatic heterocycles. The Kier molecular flexibility index (Phi) is 3.73. The van der Waals surface area contributed by atoms with Crippen LogP contribution < -0.4 is 4.74 Å². The predicted octanol–water partition coefficient (Wildman–Crippen LogP) is 1.33. The van der Waals surface area contributed by atoms with E-state index < -0.39 is 0 Å². The molecule has 13 heavy (non-hydrogen) atoms. The van der Waals surface area contributed by atoms with Crippen molar-refractivity contribution in [1.29, 1.82) is 0 Å². The molecule has 0 atom stereocenters. The van der Waals surface area contributed by atoms with Gasteiger partial charge in [0.05, 0.1) is 20.3 Å². The molecule has 0 saturated carbocycles. The Bertz CT molecular complexity index is 271. The van der Waals surface area contributed by atoms with E-state index in [2.05, 4.69) is 0 Å². The number of aliphatic hydroxyl groups is 1. The number of benzene rings is 1. The molecular formula is C10H14O3. The molecule has 0 saturated heterocycles. The lowest BCUT2D eigenvalue weighted by Crippen LogP contribution is -1.98. The van der Waals surface area contributed by atoms with Crippen LogP contribution in [0.1, 0.15) is 11.1 Å². The van der Waals surface area contributed by atoms with Crippen molar-refractivity contribution in [2.24, 2.45) is 0 Å². The second-order valence-electron chi connectivity index (χ2n) is 2.70. The third-order valence-corrected chi connectivity index (χ3v) is 1.85. The molecule has 0 bridgehead atoms. The number of hydrogen-bond acceptors (Lipinski definition) is 3. The van der Waals surface area contributed by atoms with Gasteiger partial charge in [0, 0.05) is 18.2 Å². The quantitative estimate of drug-likeness (QED) is 0.763. The maximum Gasteiger partial charge on any atom is 0.129 e. The SMILES string of the molecule is COCc1cccc(CO)c1OC. The summed E-state index contributed by atoms with van der Waals surface area (Å²) in [5.41, 5.74) is 1.74. The summed E-state index contributed by atoms with van der Waals surface area (Å²) in [6.45, 7) is 0.484. The Labute approximate surface area is 77.9 Å². The molecule has 1 aromatic rings. The van der Waals surface area contributed by atoms with Crippen LogP contribution in [0.25, 0.3) is 0 Å². The summed E-state index contributed by atoms with van der Waals surface area (Å²) in [4.78, 5) is 0. The van der Waals surface area contributed by atoms with E-state index in [9.17, 15) is 0 Å². The maximum atomic E-state index is 9.02. The van der Waals surface area contributed by atoms with Gasteiger partial charge in [0.2, 0.25) is 0 Å². The van der Waals surface area contributed by atoms with E-state index in [1.807, 2.05) is 18.2 Å². The highest BCUT2D eigenvalue weighted by molar-refractivity contribution is 5.40. The fraction of sp³-hybridized carbons (Fsp3) is 0.400. The van der Waals surface area contributed by atoms with Crippen LogP contribution in [0.5, 0.6) is 5.75 Å². The zero-order valence-electron chi connectivity index (χ0n) is 7.91. The van der Waals surface area contributed by atoms with Crippen LogP contribution in [-0.4, -0.2) is 19.3 Å². The summed E-state index contributed by atoms with van der Waals surface area (Å²) in [5.74, 6) is 0.715. The van der Waals surface area contributed by atoms with E-state index >= 15 is 0 Å². The fourth-order valence-electron chi connectivity index (χ4n) is 1.29. The Morgan fingerprint density at radius 3 is 2.46 bits per heavy atom. The number of para-hydroxylation sites is 1. The highest BCUT2D eigenvalue weighted by Gasteiger charge is 2.06. The molecule has 0 spiro atoms. The van der Waals surface area contributed by atoms with E-state index in [0.717, 1.165) is 11.1 Å². The third kappa shape index (κ3) is 2.20. The first-order chi connectivity index (χ1) is 6.33. The van der Waals surface area contributed by atoms with Gasteiger partial charge in [-0.3, -0.25) is 0 Å². The average Bonchev–Trinajstić information content (AvgIpc) is 2.18. The fourth-order valence-corrected chi connectivity index (χ4v) is 1.29. The lowest BCUT2D eigenvalue weighted by atomic mass is 10.1. The van der Waals surface area contributed by atoms with Crippen LogP contribution in [0.15, 0.2) is 18.2 Å². The molecule has 0 amide bonds. The van der Waals surface area contributed by atoms with Gasteiger partial charge in [-0.25, -0.2) is 0 Å². The molecule has 0 fully saturated rings. The highest BCUT2D eigenvalue weighted by atomic mass is 16.5. The first-order valence-electron chi connectivity index (χ1n) is 4.08. The van der Waals surface area contributed by atoms with Gasteiger partial charge in [-0.05, 0) is 0 Å². The van der Waals surface area contributed by atoms with E-state index in [0.29, 0.717) is 12.4 Å². The smallest absolute Gasteiger partial charge is 0.129 e. The Morgan fingerprint density at radius 2 is 1.92 bits per heavy atom. The summed E-state index contributed by atoms with van der Waals surface area (Å²) in [5, 5.41) is 9.02. The molecule has 1 rings (SSSR count). The largest absolute Gasteiger partial charge is 0.496 e. The van der Waals surface area contributed by atoms with Gasteiger partial charge in [0.1, 0.15) is 5.75 Å². The van der Waals surface area contributed by atoms with Crippen LogP contribution in [-0.2, 0) is 18.0 Å². The molecule has 0 heterocycles. The summed E-state index contributed by atoms with van der Waals surface area (Å²) in [6.07, 6.45) is 0. The minimum Gasteiger partial charge on any atom is -0.496 e. The van der Waals surface area contributed by atoms with Gasteiger partial charge in [-0.2, -0.15) is 0 Å². The molecule has 3 heteroatoms. The molecule has 0 aliphatic carbocycles. The minimum absolute atomic E-state index is 0.0132. The maximum absolute atomic E-state index is 9.02. The zero-order chi connectivity index (χ0) is 9.68. The molecular weight excluding hydrogens is 168 g/mol. The Morgan fingerprint density at radius 1 is 1.23 bits per heavy atom. The van der Waals surface area contributed by atoms with Crippen LogP contribution in [0.3, 0.4) is 0 Å². The number of hydrogen-bond donors (Lipinski definition) is 1. The Balaban J connectivity index is 3.03. The van der Waals surface area contributed by atoms with Crippen molar-refractivity contribution >= 4 is 0 Å². The molecule has 1 aromatic carbocycles. The first-order valence-corrected chi connectivity index (χ1v) is 4.08. The molecule has 0 aromatic heterocycles. The summed E-state index contributed by atoms with van der Waals surface area (Å²) >= 11 is 0. The number of aliphatic hydroxyl groups excluding tert-OH is 1. The molecule has 0 radical (unpaired) electrons. The molecule has 3 nitrogen and oxygen atoms in total. The molecule has 1 N–H and O–H groups in total. The van der Waals surface area contributed by atoms with E-state index in [-0.39, 0.29) is 6.61 Å². The Hall–Kier alpha value is -1.06. The summed E-state index contributed by atoms with van der Waals surface area (Å²) < 4.78 is 10.2. The highest BCUT2D eigenvalue weighted by Crippen LogP contribution is 2.24. The number of rotatable bonds is 4. The van der Waals surface area contributed by atoms with Gasteiger partial charge in [0.15, 0.2) is 0 Å². The lowest BCUT2D eigenvalue weighted by Gasteiger charge is -2.11. The van der Waals surface area contributed by atoms with Crippen LogP contribution in [0.2, 0.25) is 0 Å². The van der Waals surface area contributed by atoms with Crippen molar-refractivity contribution in [2.75, 3.05) is 14.2 Å². The minimum atomic E-state index is -0.0132. The summed E-state index contributed by atoms with van der Waals surface area (Å²) in [6, 6.07) is 5.63. The molecule has 0 unspecified atom stereocenters. The zero-order valence-corrected chi connectivity index (χ0v) is 7.91. The van der Waals surface area contributed by atoms with Crippen LogP contribution >= 0.6 is 0 Å². The van der Waals surface area contributed by atoms with Crippen molar-refractivity contribution in [2.45, 2.75) is 13.2 Å². The standard InChI is InChI=1S/C10H14O3/c1-12-7-9-5-3-4-8(6-11)10(9)13-2/h3-5,11H,6-7H2,1-2H3. The van der Waals surface area contributed by atoms with Crippen LogP contribution in [0, 0.1) is 0 Å². The van der Waals surface area contributed by atoms with Gasteiger partial charge in [0.25, 0.3) is 0 Å². The van der Waals surface area contributed by atoms with Crippen molar-refractivity contribution in [1.82, 2.24) is 0 Å². The van der Waals surface area contributed by atoms with Crippen molar-refractivity contribution < 1.29 is 14.6 Å². The number of methoxy groups -OCH3 is 2. The van der Waals surface area contributed by atoms with Gasteiger partial charge in [-0.1, -0.05) is 18.2 Å². The topological polar surface area (TPSA) is 38.7 Å². The lowest BCUT2D eigenvalue weighted by molar-refractivity contribution is 0.181. The van der Waals surface area contributed by atoms with Crippen molar-refractivity contribution in [3.63, 3.8) is 0 Å². The average molecular weight is 182 g/mol. The monoisotopic (exact) mass is 182 g/mol. The van der Waals surface area contributed by atoms with Gasteiger partial charge >= 0.3 is 0 Å². The van der Waals surface area contributed by atoms with Gasteiger partial charge < -0.3 is 14.6 Å². The third-order valence-electron chi connectivity index (χ3n) is 1.85.